The zero-order valence-electron chi connectivity index (χ0n) is 10.3. The van der Waals surface area contributed by atoms with Gasteiger partial charge in [0.2, 0.25) is 0 Å². The Kier molecular flexibility index (Phi) is 6.89. The van der Waals surface area contributed by atoms with Crippen LogP contribution in [0.4, 0.5) is 0 Å². The van der Waals surface area contributed by atoms with Gasteiger partial charge in [0.1, 0.15) is 0 Å². The number of halogens is 1. The van der Waals surface area contributed by atoms with Gasteiger partial charge in [-0.25, -0.2) is 0 Å². The molecule has 1 aromatic rings. The molecule has 0 saturated carbocycles. The van der Waals surface area contributed by atoms with Gasteiger partial charge in [0.25, 0.3) is 0 Å². The van der Waals surface area contributed by atoms with Gasteiger partial charge in [0.15, 0.2) is 0 Å². The van der Waals surface area contributed by atoms with E-state index in [0.717, 1.165) is 23.5 Å². The molecule has 3 N–H and O–H groups in total. The normalized spacial score (nSPS) is 13.0. The summed E-state index contributed by atoms with van der Waals surface area (Å²) in [5.41, 5.74) is 3.94. The van der Waals surface area contributed by atoms with Gasteiger partial charge in [-0.05, 0) is 29.7 Å². The van der Waals surface area contributed by atoms with E-state index in [1.807, 2.05) is 17.8 Å². The maximum absolute atomic E-state index is 6.07. The van der Waals surface area contributed by atoms with Crippen LogP contribution in [0.15, 0.2) is 18.5 Å². The van der Waals surface area contributed by atoms with Crippen molar-refractivity contribution in [1.82, 2.24) is 10.4 Å². The maximum atomic E-state index is 6.07. The Balaban J connectivity index is 2.44. The minimum atomic E-state index is 0.249. The van der Waals surface area contributed by atoms with E-state index in [1.54, 1.807) is 12.4 Å². The number of aromatic nitrogens is 1. The Labute approximate surface area is 112 Å². The fraction of sp³-hybridized carbons (Fsp3) is 0.583. The number of nitrogens with two attached hydrogens (primary N) is 1. The number of pyridine rings is 1. The van der Waals surface area contributed by atoms with E-state index in [1.165, 1.54) is 0 Å². The fourth-order valence-electron chi connectivity index (χ4n) is 1.45. The predicted molar refractivity (Wildman–Crippen MR) is 76.2 cm³/mol. The second-order valence-electron chi connectivity index (χ2n) is 4.47. The van der Waals surface area contributed by atoms with Crippen molar-refractivity contribution in [2.45, 2.75) is 26.3 Å². The largest absolute Gasteiger partial charge is 0.271 e. The summed E-state index contributed by atoms with van der Waals surface area (Å²) < 4.78 is 0. The Morgan fingerprint density at radius 3 is 2.82 bits per heavy atom. The molecule has 0 aliphatic carbocycles. The predicted octanol–water partition coefficient (Wildman–Crippen LogP) is 2.50. The molecule has 96 valence electrons. The van der Waals surface area contributed by atoms with Crippen LogP contribution in [0.2, 0.25) is 5.02 Å². The lowest BCUT2D eigenvalue weighted by Crippen LogP contribution is -2.38. The van der Waals surface area contributed by atoms with E-state index >= 15 is 0 Å². The van der Waals surface area contributed by atoms with Crippen molar-refractivity contribution >= 4 is 23.4 Å². The number of hydrazine groups is 1. The zero-order valence-corrected chi connectivity index (χ0v) is 11.9. The van der Waals surface area contributed by atoms with Crippen LogP contribution in [-0.2, 0) is 6.42 Å². The average Bonchev–Trinajstić information content (AvgIpc) is 2.30. The van der Waals surface area contributed by atoms with E-state index in [4.69, 9.17) is 17.4 Å². The van der Waals surface area contributed by atoms with Crippen molar-refractivity contribution in [3.05, 3.63) is 29.0 Å². The number of rotatable bonds is 7. The monoisotopic (exact) mass is 273 g/mol. The van der Waals surface area contributed by atoms with Crippen LogP contribution in [0.5, 0.6) is 0 Å². The Morgan fingerprint density at radius 2 is 2.24 bits per heavy atom. The highest BCUT2D eigenvalue weighted by Crippen LogP contribution is 2.17. The lowest BCUT2D eigenvalue weighted by Gasteiger charge is -2.16. The van der Waals surface area contributed by atoms with Gasteiger partial charge in [-0.3, -0.25) is 16.3 Å². The summed E-state index contributed by atoms with van der Waals surface area (Å²) in [7, 11) is 0. The molecule has 0 saturated heterocycles. The lowest BCUT2D eigenvalue weighted by atomic mass is 10.1. The second-order valence-corrected chi connectivity index (χ2v) is 5.95. The third-order valence-corrected chi connectivity index (χ3v) is 4.21. The van der Waals surface area contributed by atoms with Crippen molar-refractivity contribution in [2.24, 2.45) is 11.8 Å². The molecule has 0 aliphatic heterocycles. The molecule has 0 bridgehead atoms. The summed E-state index contributed by atoms with van der Waals surface area (Å²) in [6.07, 6.45) is 4.27. The van der Waals surface area contributed by atoms with Crippen LogP contribution in [0, 0.1) is 5.92 Å². The number of hydrogen-bond donors (Lipinski definition) is 2. The molecule has 0 aromatic carbocycles. The van der Waals surface area contributed by atoms with Crippen molar-refractivity contribution in [3.63, 3.8) is 0 Å². The second kappa shape index (κ2) is 7.93. The summed E-state index contributed by atoms with van der Waals surface area (Å²) in [5, 5.41) is 0.710. The van der Waals surface area contributed by atoms with E-state index in [9.17, 15) is 0 Å². The van der Waals surface area contributed by atoms with Crippen LogP contribution in [0.25, 0.3) is 0 Å². The standard InChI is InChI=1S/C12H20ClN3S/c1-9(2)7-17-8-11(16-14)5-10-3-4-15-6-12(10)13/h3-4,6,9,11,16H,5,7-8,14H2,1-2H3. The van der Waals surface area contributed by atoms with Crippen LogP contribution in [-0.4, -0.2) is 22.5 Å². The molecule has 1 unspecified atom stereocenters. The van der Waals surface area contributed by atoms with Crippen molar-refractivity contribution in [3.8, 4) is 0 Å². The lowest BCUT2D eigenvalue weighted by molar-refractivity contribution is 0.574. The SMILES string of the molecule is CC(C)CSCC(Cc1ccncc1Cl)NN. The smallest absolute Gasteiger partial charge is 0.0621 e. The molecular formula is C12H20ClN3S. The average molecular weight is 274 g/mol. The highest BCUT2D eigenvalue weighted by Gasteiger charge is 2.10. The van der Waals surface area contributed by atoms with Gasteiger partial charge >= 0.3 is 0 Å². The Morgan fingerprint density at radius 1 is 1.47 bits per heavy atom. The zero-order chi connectivity index (χ0) is 12.7. The molecule has 0 radical (unpaired) electrons. The Bertz CT molecular complexity index is 333. The molecule has 1 aromatic heterocycles. The fourth-order valence-corrected chi connectivity index (χ4v) is 2.75. The highest BCUT2D eigenvalue weighted by atomic mass is 35.5. The minimum absolute atomic E-state index is 0.249. The van der Waals surface area contributed by atoms with Crippen molar-refractivity contribution in [2.75, 3.05) is 11.5 Å². The van der Waals surface area contributed by atoms with Gasteiger partial charge in [-0.2, -0.15) is 11.8 Å². The van der Waals surface area contributed by atoms with Gasteiger partial charge < -0.3 is 0 Å². The van der Waals surface area contributed by atoms with E-state index in [2.05, 4.69) is 24.3 Å². The molecule has 3 nitrogen and oxygen atoms in total. The third-order valence-electron chi connectivity index (χ3n) is 2.33. The summed E-state index contributed by atoms with van der Waals surface area (Å²) >= 11 is 7.99. The van der Waals surface area contributed by atoms with Gasteiger partial charge in [-0.15, -0.1) is 0 Å². The third kappa shape index (κ3) is 5.73. The summed E-state index contributed by atoms with van der Waals surface area (Å²) in [6.45, 7) is 4.44. The summed E-state index contributed by atoms with van der Waals surface area (Å²) in [6, 6.07) is 2.19. The van der Waals surface area contributed by atoms with Gasteiger partial charge in [-0.1, -0.05) is 25.4 Å². The van der Waals surface area contributed by atoms with Gasteiger partial charge in [0, 0.05) is 24.2 Å². The first-order chi connectivity index (χ1) is 8.13. The molecule has 1 rings (SSSR count). The van der Waals surface area contributed by atoms with Crippen LogP contribution >= 0.6 is 23.4 Å². The molecule has 0 spiro atoms. The van der Waals surface area contributed by atoms with Gasteiger partial charge in [0.05, 0.1) is 5.02 Å². The minimum Gasteiger partial charge on any atom is -0.271 e. The van der Waals surface area contributed by atoms with E-state index in [0.29, 0.717) is 10.9 Å². The number of thioether (sulfide) groups is 1. The molecule has 5 heteroatoms. The van der Waals surface area contributed by atoms with Crippen LogP contribution in [0.1, 0.15) is 19.4 Å². The van der Waals surface area contributed by atoms with E-state index < -0.39 is 0 Å². The summed E-state index contributed by atoms with van der Waals surface area (Å²) in [5.74, 6) is 8.42. The highest BCUT2D eigenvalue weighted by molar-refractivity contribution is 7.99. The number of nitrogens with one attached hydrogen (secondary N) is 1. The first-order valence-electron chi connectivity index (χ1n) is 5.75. The number of nitrogens with zero attached hydrogens (tertiary/aromatic N) is 1. The first kappa shape index (κ1) is 14.8. The summed E-state index contributed by atoms with van der Waals surface area (Å²) in [4.78, 5) is 3.97. The molecule has 17 heavy (non-hydrogen) atoms. The van der Waals surface area contributed by atoms with Crippen LogP contribution in [0.3, 0.4) is 0 Å². The first-order valence-corrected chi connectivity index (χ1v) is 7.29. The molecular weight excluding hydrogens is 254 g/mol. The molecule has 0 fully saturated rings. The molecule has 0 amide bonds. The quantitative estimate of drug-likeness (QED) is 0.592. The van der Waals surface area contributed by atoms with E-state index in [-0.39, 0.29) is 6.04 Å². The maximum Gasteiger partial charge on any atom is 0.0621 e. The molecule has 1 heterocycles. The topological polar surface area (TPSA) is 50.9 Å². The number of hydrogen-bond acceptors (Lipinski definition) is 4. The Hall–Kier alpha value is -0.290. The molecule has 0 aliphatic rings. The van der Waals surface area contributed by atoms with Crippen LogP contribution < -0.4 is 11.3 Å². The van der Waals surface area contributed by atoms with Crippen molar-refractivity contribution in [1.29, 1.82) is 0 Å². The van der Waals surface area contributed by atoms with Crippen molar-refractivity contribution < 1.29 is 0 Å². The molecule has 1 atom stereocenters.